The summed E-state index contributed by atoms with van der Waals surface area (Å²) < 4.78 is 10.2. The molecule has 1 aromatic carbocycles. The van der Waals surface area contributed by atoms with Crippen LogP contribution in [-0.4, -0.2) is 48.8 Å². The fourth-order valence-electron chi connectivity index (χ4n) is 2.11. The average Bonchev–Trinajstić information content (AvgIpc) is 2.55. The van der Waals surface area contributed by atoms with Crippen molar-refractivity contribution < 1.29 is 24.2 Å². The molecule has 25 heavy (non-hydrogen) atoms. The molecule has 0 heterocycles. The van der Waals surface area contributed by atoms with E-state index in [1.165, 1.54) is 7.11 Å². The maximum atomic E-state index is 12.4. The molecule has 140 valence electrons. The van der Waals surface area contributed by atoms with E-state index in [1.807, 2.05) is 33.8 Å². The van der Waals surface area contributed by atoms with Gasteiger partial charge in [-0.3, -0.25) is 9.59 Å². The Morgan fingerprint density at radius 1 is 1.24 bits per heavy atom. The van der Waals surface area contributed by atoms with Gasteiger partial charge in [0.15, 0.2) is 5.78 Å². The molecule has 6 heteroatoms. The van der Waals surface area contributed by atoms with Crippen molar-refractivity contribution in [3.05, 3.63) is 29.3 Å². The van der Waals surface area contributed by atoms with E-state index in [2.05, 4.69) is 10.1 Å². The highest BCUT2D eigenvalue weighted by molar-refractivity contribution is 6.00. The van der Waals surface area contributed by atoms with Gasteiger partial charge >= 0.3 is 5.97 Å². The quantitative estimate of drug-likeness (QED) is 0.524. The average molecular weight is 351 g/mol. The number of methoxy groups -OCH3 is 1. The summed E-state index contributed by atoms with van der Waals surface area (Å²) in [6.07, 6.45) is -0.611. The van der Waals surface area contributed by atoms with Gasteiger partial charge in [0.05, 0.1) is 19.1 Å². The molecular weight excluding hydrogens is 322 g/mol. The third-order valence-corrected chi connectivity index (χ3v) is 3.52. The number of aryl methyl sites for hydroxylation is 1. The van der Waals surface area contributed by atoms with E-state index in [9.17, 15) is 14.7 Å². The van der Waals surface area contributed by atoms with E-state index in [1.54, 1.807) is 12.1 Å². The molecule has 0 saturated heterocycles. The second-order valence-corrected chi connectivity index (χ2v) is 7.09. The summed E-state index contributed by atoms with van der Waals surface area (Å²) in [5, 5.41) is 13.2. The smallest absolute Gasteiger partial charge is 0.305 e. The number of aliphatic hydroxyl groups excluding tert-OH is 1. The van der Waals surface area contributed by atoms with Crippen molar-refractivity contribution in [2.24, 2.45) is 0 Å². The van der Waals surface area contributed by atoms with Gasteiger partial charge < -0.3 is 19.9 Å². The van der Waals surface area contributed by atoms with Gasteiger partial charge in [-0.2, -0.15) is 0 Å². The van der Waals surface area contributed by atoms with Gasteiger partial charge in [-0.25, -0.2) is 0 Å². The van der Waals surface area contributed by atoms with Gasteiger partial charge in [-0.15, -0.1) is 0 Å². The highest BCUT2D eigenvalue weighted by Gasteiger charge is 2.17. The largest absolute Gasteiger partial charge is 0.490 e. The fourth-order valence-corrected chi connectivity index (χ4v) is 2.11. The molecule has 0 aliphatic rings. The van der Waals surface area contributed by atoms with Crippen LogP contribution < -0.4 is 10.1 Å². The van der Waals surface area contributed by atoms with Crippen molar-refractivity contribution in [3.63, 3.8) is 0 Å². The molecule has 1 unspecified atom stereocenters. The van der Waals surface area contributed by atoms with Crippen molar-refractivity contribution in [2.75, 3.05) is 20.3 Å². The number of ether oxygens (including phenoxy) is 2. The Kier molecular flexibility index (Phi) is 8.06. The normalized spacial score (nSPS) is 12.6. The topological polar surface area (TPSA) is 84.9 Å². The van der Waals surface area contributed by atoms with Crippen LogP contribution in [0.15, 0.2) is 18.2 Å². The second-order valence-electron chi connectivity index (χ2n) is 7.09. The molecule has 0 saturated carbocycles. The lowest BCUT2D eigenvalue weighted by molar-refractivity contribution is -0.140. The molecule has 0 aliphatic heterocycles. The molecule has 0 fully saturated rings. The van der Waals surface area contributed by atoms with E-state index >= 15 is 0 Å². The van der Waals surface area contributed by atoms with Crippen LogP contribution in [0.1, 0.15) is 49.5 Å². The number of nitrogens with one attached hydrogen (secondary N) is 1. The first kappa shape index (κ1) is 21.1. The van der Waals surface area contributed by atoms with Crippen molar-refractivity contribution in [1.82, 2.24) is 5.32 Å². The number of ketones is 1. The van der Waals surface area contributed by atoms with E-state index in [4.69, 9.17) is 4.74 Å². The summed E-state index contributed by atoms with van der Waals surface area (Å²) >= 11 is 0. The lowest BCUT2D eigenvalue weighted by Gasteiger charge is -2.23. The number of hydrogen-bond acceptors (Lipinski definition) is 6. The van der Waals surface area contributed by atoms with Gasteiger partial charge in [0.1, 0.15) is 18.5 Å². The fraction of sp³-hybridized carbons (Fsp3) is 0.579. The van der Waals surface area contributed by atoms with Crippen molar-refractivity contribution in [2.45, 2.75) is 52.2 Å². The van der Waals surface area contributed by atoms with Crippen LogP contribution in [0.5, 0.6) is 5.75 Å². The monoisotopic (exact) mass is 351 g/mol. The van der Waals surface area contributed by atoms with E-state index in [0.29, 0.717) is 17.9 Å². The Balaban J connectivity index is 2.70. The number of Topliss-reactive ketones (excluding diaryl/α,β-unsaturated/α-hetero) is 1. The van der Waals surface area contributed by atoms with Crippen LogP contribution in [-0.2, 0) is 9.53 Å². The molecule has 1 rings (SSSR count). The van der Waals surface area contributed by atoms with Gasteiger partial charge in [-0.05, 0) is 39.8 Å². The summed E-state index contributed by atoms with van der Waals surface area (Å²) in [6.45, 7) is 8.38. The minimum Gasteiger partial charge on any atom is -0.490 e. The summed E-state index contributed by atoms with van der Waals surface area (Å²) in [6, 6.07) is 5.28. The van der Waals surface area contributed by atoms with E-state index in [0.717, 1.165) is 5.56 Å². The molecule has 0 aliphatic carbocycles. The van der Waals surface area contributed by atoms with Gasteiger partial charge in [0.2, 0.25) is 0 Å². The predicted molar refractivity (Wildman–Crippen MR) is 96.0 cm³/mol. The Labute approximate surface area is 149 Å². The molecule has 0 aromatic heterocycles. The molecule has 1 aromatic rings. The Morgan fingerprint density at radius 2 is 1.92 bits per heavy atom. The number of carbonyl (C=O) groups excluding carboxylic acids is 2. The first-order valence-electron chi connectivity index (χ1n) is 8.39. The zero-order valence-electron chi connectivity index (χ0n) is 15.7. The van der Waals surface area contributed by atoms with Crippen LogP contribution in [0.2, 0.25) is 0 Å². The van der Waals surface area contributed by atoms with Gasteiger partial charge in [-0.1, -0.05) is 11.6 Å². The predicted octanol–water partition coefficient (Wildman–Crippen LogP) is 2.26. The molecule has 0 radical (unpaired) electrons. The summed E-state index contributed by atoms with van der Waals surface area (Å²) in [7, 11) is 1.29. The Bertz CT molecular complexity index is 592. The van der Waals surface area contributed by atoms with Gasteiger partial charge in [0, 0.05) is 18.5 Å². The zero-order valence-corrected chi connectivity index (χ0v) is 15.7. The van der Waals surface area contributed by atoms with Crippen molar-refractivity contribution in [3.8, 4) is 5.75 Å². The summed E-state index contributed by atoms with van der Waals surface area (Å²) in [5.74, 6) is -0.200. The first-order chi connectivity index (χ1) is 11.6. The number of rotatable bonds is 9. The van der Waals surface area contributed by atoms with Crippen LogP contribution in [0.3, 0.4) is 0 Å². The number of aliphatic hydroxyl groups is 1. The second kappa shape index (κ2) is 9.53. The van der Waals surface area contributed by atoms with E-state index in [-0.39, 0.29) is 30.8 Å². The SMILES string of the molecule is COC(=O)CCC(=O)c1cc(C)ccc1OCC(O)CNC(C)(C)C. The minimum absolute atomic E-state index is 0.0286. The zero-order chi connectivity index (χ0) is 19.0. The maximum Gasteiger partial charge on any atom is 0.305 e. The molecule has 0 bridgehead atoms. The highest BCUT2D eigenvalue weighted by atomic mass is 16.5. The standard InChI is InChI=1S/C19H29NO5/c1-13-6-8-17(25-12-14(21)11-20-19(2,3)4)15(10-13)16(22)7-9-18(23)24-5/h6,8,10,14,20-21H,7,9,11-12H2,1-5H3. The first-order valence-corrected chi connectivity index (χ1v) is 8.39. The van der Waals surface area contributed by atoms with Crippen LogP contribution in [0.4, 0.5) is 0 Å². The van der Waals surface area contributed by atoms with E-state index < -0.39 is 12.1 Å². The molecule has 1 atom stereocenters. The van der Waals surface area contributed by atoms with Crippen molar-refractivity contribution >= 4 is 11.8 Å². The van der Waals surface area contributed by atoms with Gasteiger partial charge in [0.25, 0.3) is 0 Å². The molecule has 6 nitrogen and oxygen atoms in total. The Morgan fingerprint density at radius 3 is 2.52 bits per heavy atom. The van der Waals surface area contributed by atoms with Crippen LogP contribution in [0.25, 0.3) is 0 Å². The molecular formula is C19H29NO5. The lowest BCUT2D eigenvalue weighted by atomic mass is 10.0. The molecule has 0 amide bonds. The minimum atomic E-state index is -0.696. The van der Waals surface area contributed by atoms with Crippen LogP contribution in [0, 0.1) is 6.92 Å². The third-order valence-electron chi connectivity index (χ3n) is 3.52. The number of β-amino-alcohol motifs (C(OH)–C–C–N with tert-alkyl or cyclic N) is 1. The van der Waals surface area contributed by atoms with Crippen LogP contribution >= 0.6 is 0 Å². The number of carbonyl (C=O) groups is 2. The number of benzene rings is 1. The lowest BCUT2D eigenvalue weighted by Crippen LogP contribution is -2.42. The number of hydrogen-bond donors (Lipinski definition) is 2. The highest BCUT2D eigenvalue weighted by Crippen LogP contribution is 2.22. The Hall–Kier alpha value is -1.92. The molecule has 0 spiro atoms. The third kappa shape index (κ3) is 8.14. The molecule has 2 N–H and O–H groups in total. The summed E-state index contributed by atoms with van der Waals surface area (Å²) in [5.41, 5.74) is 1.24. The summed E-state index contributed by atoms with van der Waals surface area (Å²) in [4.78, 5) is 23.6. The van der Waals surface area contributed by atoms with Crippen molar-refractivity contribution in [1.29, 1.82) is 0 Å². The maximum absolute atomic E-state index is 12.4. The number of esters is 1.